The first-order valence-electron chi connectivity index (χ1n) is 7.33. The van der Waals surface area contributed by atoms with Gasteiger partial charge in [-0.25, -0.2) is 0 Å². The molecule has 1 aliphatic heterocycles. The largest absolute Gasteiger partial charge is 0.365 e. The number of hydrogen-bond donors (Lipinski definition) is 1. The molecule has 2 atom stereocenters. The molecule has 0 aliphatic carbocycles. The fraction of sp³-hybridized carbons (Fsp3) is 0.294. The molecule has 3 rings (SSSR count). The molecule has 1 aromatic carbocycles. The van der Waals surface area contributed by atoms with E-state index >= 15 is 0 Å². The minimum Gasteiger partial charge on any atom is -0.365 e. The van der Waals surface area contributed by atoms with Gasteiger partial charge in [0.05, 0.1) is 24.5 Å². The summed E-state index contributed by atoms with van der Waals surface area (Å²) < 4.78 is 5.78. The lowest BCUT2D eigenvalue weighted by molar-refractivity contribution is -0.139. The SMILES string of the molecule is CN1CCO[C@@H](C(=O)Nc2cccnc2)[C@@H]1c1ccccc1. The number of amides is 1. The average molecular weight is 297 g/mol. The molecule has 2 heterocycles. The van der Waals surface area contributed by atoms with Gasteiger partial charge in [0, 0.05) is 12.7 Å². The zero-order valence-electron chi connectivity index (χ0n) is 12.5. The molecule has 22 heavy (non-hydrogen) atoms. The van der Waals surface area contributed by atoms with E-state index in [2.05, 4.69) is 15.2 Å². The van der Waals surface area contributed by atoms with Crippen molar-refractivity contribution in [1.82, 2.24) is 9.88 Å². The number of morpholine rings is 1. The number of nitrogens with zero attached hydrogens (tertiary/aromatic N) is 2. The number of aromatic nitrogens is 1. The molecule has 0 bridgehead atoms. The van der Waals surface area contributed by atoms with E-state index in [-0.39, 0.29) is 11.9 Å². The number of carbonyl (C=O) groups excluding carboxylic acids is 1. The number of carbonyl (C=O) groups is 1. The van der Waals surface area contributed by atoms with Gasteiger partial charge in [-0.2, -0.15) is 0 Å². The predicted octanol–water partition coefficient (Wildman–Crippen LogP) is 2.09. The van der Waals surface area contributed by atoms with Gasteiger partial charge < -0.3 is 10.1 Å². The molecule has 0 spiro atoms. The van der Waals surface area contributed by atoms with Crippen LogP contribution in [0.25, 0.3) is 0 Å². The van der Waals surface area contributed by atoms with Gasteiger partial charge in [0.2, 0.25) is 0 Å². The minimum absolute atomic E-state index is 0.0911. The van der Waals surface area contributed by atoms with Crippen molar-refractivity contribution in [3.63, 3.8) is 0 Å². The summed E-state index contributed by atoms with van der Waals surface area (Å²) in [6.07, 6.45) is 2.76. The Morgan fingerprint density at radius 2 is 2.09 bits per heavy atom. The van der Waals surface area contributed by atoms with Crippen LogP contribution < -0.4 is 5.32 Å². The summed E-state index contributed by atoms with van der Waals surface area (Å²) in [5.41, 5.74) is 1.76. The number of anilines is 1. The van der Waals surface area contributed by atoms with Crippen molar-refractivity contribution in [3.05, 3.63) is 60.4 Å². The van der Waals surface area contributed by atoms with Gasteiger partial charge in [0.1, 0.15) is 0 Å². The first-order valence-corrected chi connectivity index (χ1v) is 7.33. The van der Waals surface area contributed by atoms with Crippen LogP contribution in [0.4, 0.5) is 5.69 Å². The minimum atomic E-state index is -0.540. The second kappa shape index (κ2) is 6.68. The maximum absolute atomic E-state index is 12.6. The molecule has 0 saturated carbocycles. The van der Waals surface area contributed by atoms with Crippen molar-refractivity contribution in [3.8, 4) is 0 Å². The number of ether oxygens (including phenoxy) is 1. The fourth-order valence-electron chi connectivity index (χ4n) is 2.73. The summed E-state index contributed by atoms with van der Waals surface area (Å²) in [4.78, 5) is 18.8. The van der Waals surface area contributed by atoms with Crippen LogP contribution in [0.2, 0.25) is 0 Å². The van der Waals surface area contributed by atoms with Crippen LogP contribution >= 0.6 is 0 Å². The van der Waals surface area contributed by atoms with Crippen molar-refractivity contribution in [2.45, 2.75) is 12.1 Å². The summed E-state index contributed by atoms with van der Waals surface area (Å²) >= 11 is 0. The van der Waals surface area contributed by atoms with E-state index in [4.69, 9.17) is 4.74 Å². The molecule has 2 aromatic rings. The Kier molecular flexibility index (Phi) is 4.46. The molecule has 1 aromatic heterocycles. The summed E-state index contributed by atoms with van der Waals surface area (Å²) in [7, 11) is 2.02. The predicted molar refractivity (Wildman–Crippen MR) is 84.4 cm³/mol. The molecular formula is C17H19N3O2. The molecule has 1 N–H and O–H groups in total. The van der Waals surface area contributed by atoms with Gasteiger partial charge in [-0.05, 0) is 24.7 Å². The van der Waals surface area contributed by atoms with E-state index in [9.17, 15) is 4.79 Å². The van der Waals surface area contributed by atoms with Crippen LogP contribution in [0.3, 0.4) is 0 Å². The highest BCUT2D eigenvalue weighted by Gasteiger charge is 2.36. The Morgan fingerprint density at radius 3 is 2.82 bits per heavy atom. The molecule has 1 fully saturated rings. The Morgan fingerprint density at radius 1 is 1.27 bits per heavy atom. The number of nitrogens with one attached hydrogen (secondary N) is 1. The maximum atomic E-state index is 12.6. The summed E-state index contributed by atoms with van der Waals surface area (Å²) in [6, 6.07) is 13.5. The lowest BCUT2D eigenvalue weighted by atomic mass is 9.98. The average Bonchev–Trinajstić information content (AvgIpc) is 2.56. The quantitative estimate of drug-likeness (QED) is 0.942. The zero-order chi connectivity index (χ0) is 15.4. The van der Waals surface area contributed by atoms with Crippen molar-refractivity contribution in [2.75, 3.05) is 25.5 Å². The fourth-order valence-corrected chi connectivity index (χ4v) is 2.73. The Labute approximate surface area is 129 Å². The molecule has 5 nitrogen and oxygen atoms in total. The second-order valence-electron chi connectivity index (χ2n) is 5.36. The number of benzene rings is 1. The van der Waals surface area contributed by atoms with E-state index in [0.29, 0.717) is 12.3 Å². The van der Waals surface area contributed by atoms with E-state index < -0.39 is 6.10 Å². The third kappa shape index (κ3) is 3.16. The van der Waals surface area contributed by atoms with Gasteiger partial charge in [-0.3, -0.25) is 14.7 Å². The van der Waals surface area contributed by atoms with Gasteiger partial charge in [-0.15, -0.1) is 0 Å². The molecule has 0 radical (unpaired) electrons. The third-order valence-electron chi connectivity index (χ3n) is 3.83. The summed E-state index contributed by atoms with van der Waals surface area (Å²) in [6.45, 7) is 1.35. The van der Waals surface area contributed by atoms with Crippen LogP contribution in [0.5, 0.6) is 0 Å². The van der Waals surface area contributed by atoms with Crippen LogP contribution in [-0.4, -0.2) is 42.1 Å². The Hall–Kier alpha value is -2.24. The van der Waals surface area contributed by atoms with Gasteiger partial charge in [0.25, 0.3) is 5.91 Å². The number of likely N-dealkylation sites (N-methyl/N-ethyl adjacent to an activating group) is 1. The van der Waals surface area contributed by atoms with Crippen LogP contribution in [0.15, 0.2) is 54.9 Å². The monoisotopic (exact) mass is 297 g/mol. The van der Waals surface area contributed by atoms with Crippen molar-refractivity contribution in [1.29, 1.82) is 0 Å². The van der Waals surface area contributed by atoms with Crippen molar-refractivity contribution in [2.24, 2.45) is 0 Å². The first kappa shape index (κ1) is 14.7. The lowest BCUT2D eigenvalue weighted by Gasteiger charge is -2.38. The number of rotatable bonds is 3. The molecule has 1 aliphatic rings. The highest BCUT2D eigenvalue weighted by molar-refractivity contribution is 5.94. The van der Waals surface area contributed by atoms with Gasteiger partial charge >= 0.3 is 0 Å². The summed E-state index contributed by atoms with van der Waals surface area (Å²) in [5, 5.41) is 2.88. The topological polar surface area (TPSA) is 54.5 Å². The second-order valence-corrected chi connectivity index (χ2v) is 5.36. The molecular weight excluding hydrogens is 278 g/mol. The van der Waals surface area contributed by atoms with Gasteiger partial charge in [0.15, 0.2) is 6.10 Å². The van der Waals surface area contributed by atoms with E-state index in [1.165, 1.54) is 0 Å². The smallest absolute Gasteiger partial charge is 0.255 e. The van der Waals surface area contributed by atoms with E-state index in [1.54, 1.807) is 18.5 Å². The lowest BCUT2D eigenvalue weighted by Crippen LogP contribution is -2.48. The highest BCUT2D eigenvalue weighted by Crippen LogP contribution is 2.29. The normalized spacial score (nSPS) is 22.2. The molecule has 1 saturated heterocycles. The number of hydrogen-bond acceptors (Lipinski definition) is 4. The van der Waals surface area contributed by atoms with Crippen LogP contribution in [0, 0.1) is 0 Å². The Bertz CT molecular complexity index is 618. The van der Waals surface area contributed by atoms with E-state index in [1.807, 2.05) is 43.4 Å². The first-order chi connectivity index (χ1) is 10.8. The zero-order valence-corrected chi connectivity index (χ0v) is 12.5. The van der Waals surface area contributed by atoms with Crippen LogP contribution in [0.1, 0.15) is 11.6 Å². The van der Waals surface area contributed by atoms with Crippen molar-refractivity contribution < 1.29 is 9.53 Å². The maximum Gasteiger partial charge on any atom is 0.255 e. The summed E-state index contributed by atoms with van der Waals surface area (Å²) in [5.74, 6) is -0.145. The molecule has 0 unspecified atom stereocenters. The third-order valence-corrected chi connectivity index (χ3v) is 3.83. The van der Waals surface area contributed by atoms with Crippen LogP contribution in [-0.2, 0) is 9.53 Å². The standard InChI is InChI=1S/C17H19N3O2/c1-20-10-11-22-16(15(20)13-6-3-2-4-7-13)17(21)19-14-8-5-9-18-12-14/h2-9,12,15-16H,10-11H2,1H3,(H,19,21)/t15-,16+/m0/s1. The van der Waals surface area contributed by atoms with E-state index in [0.717, 1.165) is 12.1 Å². The molecule has 5 heteroatoms. The number of pyridine rings is 1. The molecule has 114 valence electrons. The highest BCUT2D eigenvalue weighted by atomic mass is 16.5. The van der Waals surface area contributed by atoms with Crippen molar-refractivity contribution >= 4 is 11.6 Å². The Balaban J connectivity index is 1.81. The van der Waals surface area contributed by atoms with Gasteiger partial charge in [-0.1, -0.05) is 30.3 Å². The molecule has 1 amide bonds.